The maximum atomic E-state index is 12.8. The Kier molecular flexibility index (Phi) is 6.79. The van der Waals surface area contributed by atoms with Crippen LogP contribution in [0.4, 0.5) is 4.79 Å². The number of nitrogens with zero attached hydrogens (tertiary/aromatic N) is 3. The van der Waals surface area contributed by atoms with Crippen LogP contribution in [0.1, 0.15) is 23.2 Å². The van der Waals surface area contributed by atoms with Gasteiger partial charge in [-0.25, -0.2) is 9.37 Å². The van der Waals surface area contributed by atoms with Crippen molar-refractivity contribution in [3.8, 4) is 17.2 Å². The zero-order valence-corrected chi connectivity index (χ0v) is 18.5. The number of rotatable bonds is 6. The number of piperidine rings is 1. The van der Waals surface area contributed by atoms with Crippen LogP contribution < -0.4 is 19.5 Å². The van der Waals surface area contributed by atoms with Crippen molar-refractivity contribution >= 4 is 24.1 Å². The van der Waals surface area contributed by atoms with Gasteiger partial charge in [0.2, 0.25) is 5.75 Å². The van der Waals surface area contributed by atoms with E-state index in [0.29, 0.717) is 48.7 Å². The number of urea groups is 1. The van der Waals surface area contributed by atoms with Gasteiger partial charge in [-0.15, -0.1) is 0 Å². The molecule has 1 atom stereocenters. The smallest absolute Gasteiger partial charge is 0.493 e. The molecule has 2 aliphatic heterocycles. The van der Waals surface area contributed by atoms with Crippen molar-refractivity contribution in [1.29, 1.82) is 0 Å². The topological polar surface area (TPSA) is 100 Å². The number of nitrogens with one attached hydrogen (secondary N) is 1. The van der Waals surface area contributed by atoms with E-state index in [0.717, 1.165) is 4.90 Å². The fourth-order valence-corrected chi connectivity index (χ4v) is 3.92. The molecule has 0 saturated carbocycles. The molecule has 0 bridgehead atoms. The highest BCUT2D eigenvalue weighted by Gasteiger charge is 2.42. The standard InChI is InChI=1S/C21H28N4O6/c1-23-12-15(20(27)24(2)21(23)28)25-8-6-14(7-9-25)22-19(26)13-10-16(29-3)18(31-5)17(11-13)30-4/h10-12,14-15H,6-9H2,1-5H3/p+1. The van der Waals surface area contributed by atoms with Gasteiger partial charge in [-0.05, 0) is 25.0 Å². The van der Waals surface area contributed by atoms with Gasteiger partial charge in [0.25, 0.3) is 5.91 Å². The predicted molar refractivity (Wildman–Crippen MR) is 112 cm³/mol. The minimum atomic E-state index is -0.473. The number of hydrogen-bond acceptors (Lipinski definition) is 7. The van der Waals surface area contributed by atoms with E-state index in [9.17, 15) is 14.4 Å². The highest BCUT2D eigenvalue weighted by molar-refractivity contribution is 6.06. The monoisotopic (exact) mass is 433 g/mol. The van der Waals surface area contributed by atoms with Gasteiger partial charge in [-0.1, -0.05) is 0 Å². The van der Waals surface area contributed by atoms with Crippen LogP contribution in [0.5, 0.6) is 17.2 Å². The van der Waals surface area contributed by atoms with Crippen molar-refractivity contribution in [1.82, 2.24) is 15.1 Å². The molecule has 1 fully saturated rings. The van der Waals surface area contributed by atoms with Crippen molar-refractivity contribution in [3.05, 3.63) is 17.7 Å². The molecule has 0 radical (unpaired) electrons. The number of amides is 4. The summed E-state index contributed by atoms with van der Waals surface area (Å²) in [5.74, 6) is 0.787. The predicted octanol–water partition coefficient (Wildman–Crippen LogP) is 0.580. The molecule has 0 aliphatic carbocycles. The van der Waals surface area contributed by atoms with Crippen molar-refractivity contribution in [2.75, 3.05) is 48.5 Å². The van der Waals surface area contributed by atoms with Crippen LogP contribution in [-0.4, -0.2) is 99.0 Å². The van der Waals surface area contributed by atoms with Gasteiger partial charge < -0.3 is 19.5 Å². The van der Waals surface area contributed by atoms with E-state index in [2.05, 4.69) is 5.32 Å². The van der Waals surface area contributed by atoms with Gasteiger partial charge in [-0.3, -0.25) is 9.69 Å². The summed E-state index contributed by atoms with van der Waals surface area (Å²) in [5, 5.41) is 3.05. The summed E-state index contributed by atoms with van der Waals surface area (Å²) in [5.41, 5.74) is 0.412. The van der Waals surface area contributed by atoms with E-state index in [1.165, 1.54) is 33.0 Å². The first kappa shape index (κ1) is 22.5. The maximum Gasteiger partial charge on any atom is 0.500 e. The minimum absolute atomic E-state index is 0.0291. The second-order valence-corrected chi connectivity index (χ2v) is 7.58. The molecular weight excluding hydrogens is 404 g/mol. The Morgan fingerprint density at radius 1 is 1.06 bits per heavy atom. The third kappa shape index (κ3) is 4.48. The number of hydrogen-bond donors (Lipinski definition) is 1. The summed E-state index contributed by atoms with van der Waals surface area (Å²) in [6.45, 7) is 1.26. The number of carbonyl (C=O) groups excluding carboxylic acids is 3. The van der Waals surface area contributed by atoms with E-state index in [1.807, 2.05) is 4.90 Å². The molecule has 2 heterocycles. The first-order valence-corrected chi connectivity index (χ1v) is 10.0. The Morgan fingerprint density at radius 2 is 1.65 bits per heavy atom. The molecule has 3 rings (SSSR count). The number of methoxy groups -OCH3 is 3. The SMILES string of the molecule is COc1cc(C(=O)NC2CCN(C3C=[N+](C)C(=O)N(C)C3=O)CC2)cc(OC)c1OC. The number of likely N-dealkylation sites (N-methyl/N-ethyl adjacent to an activating group) is 1. The first-order valence-electron chi connectivity index (χ1n) is 10.0. The zero-order chi connectivity index (χ0) is 22.7. The number of benzene rings is 1. The first-order chi connectivity index (χ1) is 14.8. The molecule has 1 aromatic carbocycles. The second kappa shape index (κ2) is 9.34. The van der Waals surface area contributed by atoms with Crippen LogP contribution in [0.25, 0.3) is 0 Å². The van der Waals surface area contributed by atoms with Crippen LogP contribution in [0, 0.1) is 0 Å². The zero-order valence-electron chi connectivity index (χ0n) is 18.5. The Labute approximate surface area is 181 Å². The molecule has 31 heavy (non-hydrogen) atoms. The van der Waals surface area contributed by atoms with Crippen LogP contribution in [0.3, 0.4) is 0 Å². The molecule has 0 spiro atoms. The number of ether oxygens (including phenoxy) is 3. The molecule has 1 unspecified atom stereocenters. The van der Waals surface area contributed by atoms with Crippen LogP contribution in [0.15, 0.2) is 12.1 Å². The summed E-state index contributed by atoms with van der Waals surface area (Å²) >= 11 is 0. The average molecular weight is 433 g/mol. The summed E-state index contributed by atoms with van der Waals surface area (Å²) in [6.07, 6.45) is 3.03. The van der Waals surface area contributed by atoms with Gasteiger partial charge >= 0.3 is 11.9 Å². The van der Waals surface area contributed by atoms with Crippen LogP contribution in [0.2, 0.25) is 0 Å². The van der Waals surface area contributed by atoms with Gasteiger partial charge in [0.05, 0.1) is 35.4 Å². The Bertz CT molecular complexity index is 882. The van der Waals surface area contributed by atoms with E-state index < -0.39 is 6.04 Å². The third-order valence-electron chi connectivity index (χ3n) is 5.72. The molecule has 2 aliphatic rings. The fourth-order valence-electron chi connectivity index (χ4n) is 3.92. The molecule has 1 aromatic rings. The highest BCUT2D eigenvalue weighted by atomic mass is 16.5. The fraction of sp³-hybridized carbons (Fsp3) is 0.524. The molecule has 168 valence electrons. The van der Waals surface area contributed by atoms with Crippen LogP contribution in [-0.2, 0) is 4.79 Å². The molecular formula is C21H29N4O6+. The van der Waals surface area contributed by atoms with E-state index in [1.54, 1.807) is 25.4 Å². The van der Waals surface area contributed by atoms with Crippen LogP contribution >= 0.6 is 0 Å². The van der Waals surface area contributed by atoms with E-state index in [-0.39, 0.29) is 23.9 Å². The molecule has 1 N–H and O–H groups in total. The van der Waals surface area contributed by atoms with E-state index >= 15 is 0 Å². The third-order valence-corrected chi connectivity index (χ3v) is 5.72. The normalized spacial score (nSPS) is 20.4. The Morgan fingerprint density at radius 3 is 2.16 bits per heavy atom. The van der Waals surface area contributed by atoms with Gasteiger partial charge in [0.15, 0.2) is 17.5 Å². The second-order valence-electron chi connectivity index (χ2n) is 7.58. The van der Waals surface area contributed by atoms with Crippen molar-refractivity contribution in [3.63, 3.8) is 0 Å². The minimum Gasteiger partial charge on any atom is -0.493 e. The lowest BCUT2D eigenvalue weighted by molar-refractivity contribution is -0.401. The number of imide groups is 1. The molecule has 10 nitrogen and oxygen atoms in total. The Hall–Kier alpha value is -3.14. The van der Waals surface area contributed by atoms with Gasteiger partial charge in [0.1, 0.15) is 6.21 Å². The summed E-state index contributed by atoms with van der Waals surface area (Å²) in [4.78, 5) is 40.4. The lowest BCUT2D eigenvalue weighted by Crippen LogP contribution is -2.59. The van der Waals surface area contributed by atoms with Crippen molar-refractivity contribution in [2.24, 2.45) is 0 Å². The summed E-state index contributed by atoms with van der Waals surface area (Å²) in [6, 6.07) is 2.39. The molecule has 1 saturated heterocycles. The largest absolute Gasteiger partial charge is 0.500 e. The average Bonchev–Trinajstić information content (AvgIpc) is 2.79. The lowest BCUT2D eigenvalue weighted by Gasteiger charge is -2.36. The number of carbonyl (C=O) groups is 3. The summed E-state index contributed by atoms with van der Waals surface area (Å²) < 4.78 is 17.4. The molecule has 10 heteroatoms. The van der Waals surface area contributed by atoms with Gasteiger partial charge in [0, 0.05) is 24.7 Å². The quantitative estimate of drug-likeness (QED) is 0.655. The summed E-state index contributed by atoms with van der Waals surface area (Å²) in [7, 11) is 7.64. The number of likely N-dealkylation sites (tertiary alicyclic amines) is 1. The van der Waals surface area contributed by atoms with Crippen molar-refractivity contribution in [2.45, 2.75) is 24.9 Å². The molecule has 4 amide bonds. The Balaban J connectivity index is 1.64. The lowest BCUT2D eigenvalue weighted by atomic mass is 10.0. The van der Waals surface area contributed by atoms with Gasteiger partial charge in [-0.2, -0.15) is 9.69 Å². The van der Waals surface area contributed by atoms with E-state index in [4.69, 9.17) is 14.2 Å². The highest BCUT2D eigenvalue weighted by Crippen LogP contribution is 2.38. The maximum absolute atomic E-state index is 12.8. The molecule has 0 aromatic heterocycles. The van der Waals surface area contributed by atoms with Crippen molar-refractivity contribution < 1.29 is 33.2 Å².